The van der Waals surface area contributed by atoms with E-state index in [4.69, 9.17) is 14.5 Å². The molecule has 2 heterocycles. The van der Waals surface area contributed by atoms with Crippen molar-refractivity contribution < 1.29 is 9.47 Å². The third-order valence-electron chi connectivity index (χ3n) is 7.44. The van der Waals surface area contributed by atoms with Gasteiger partial charge in [0.15, 0.2) is 5.96 Å². The van der Waals surface area contributed by atoms with E-state index in [0.717, 1.165) is 63.4 Å². The highest BCUT2D eigenvalue weighted by Crippen LogP contribution is 2.36. The van der Waals surface area contributed by atoms with E-state index in [1.54, 1.807) is 7.11 Å². The van der Waals surface area contributed by atoms with Crippen molar-refractivity contribution >= 4 is 5.96 Å². The molecule has 2 N–H and O–H groups in total. The summed E-state index contributed by atoms with van der Waals surface area (Å²) >= 11 is 0. The Morgan fingerprint density at radius 3 is 2.58 bits per heavy atom. The van der Waals surface area contributed by atoms with E-state index >= 15 is 0 Å². The lowest BCUT2D eigenvalue weighted by molar-refractivity contribution is 0.0531. The number of hydrogen-bond donors (Lipinski definition) is 2. The minimum atomic E-state index is 0.0262. The van der Waals surface area contributed by atoms with E-state index in [1.165, 1.54) is 44.2 Å². The van der Waals surface area contributed by atoms with Gasteiger partial charge in [0.05, 0.1) is 13.7 Å². The van der Waals surface area contributed by atoms with Crippen LogP contribution in [0.2, 0.25) is 0 Å². The molecule has 6 nitrogen and oxygen atoms in total. The first kappa shape index (κ1) is 22.4. The number of hydrogen-bond acceptors (Lipinski definition) is 4. The molecule has 2 saturated heterocycles. The Hall–Kier alpha value is -1.79. The Labute approximate surface area is 187 Å². The van der Waals surface area contributed by atoms with Crippen LogP contribution >= 0.6 is 0 Å². The number of benzene rings is 1. The number of likely N-dealkylation sites (tertiary alicyclic amines) is 1. The Morgan fingerprint density at radius 1 is 1.16 bits per heavy atom. The van der Waals surface area contributed by atoms with Gasteiger partial charge in [0, 0.05) is 50.3 Å². The van der Waals surface area contributed by atoms with Crippen molar-refractivity contribution in [1.82, 2.24) is 15.5 Å². The molecule has 3 aliphatic rings. The van der Waals surface area contributed by atoms with Crippen molar-refractivity contribution in [3.63, 3.8) is 0 Å². The molecule has 0 aromatic heterocycles. The summed E-state index contributed by atoms with van der Waals surface area (Å²) in [7, 11) is 1.72. The Bertz CT molecular complexity index is 709. The van der Waals surface area contributed by atoms with Crippen LogP contribution in [0.15, 0.2) is 29.3 Å². The molecular formula is C25H40N4O2. The number of aliphatic imine (C=N–C) groups is 1. The Morgan fingerprint density at radius 2 is 1.90 bits per heavy atom. The molecule has 31 heavy (non-hydrogen) atoms. The smallest absolute Gasteiger partial charge is 0.191 e. The van der Waals surface area contributed by atoms with Crippen molar-refractivity contribution in [2.45, 2.75) is 69.4 Å². The maximum absolute atomic E-state index is 5.70. The van der Waals surface area contributed by atoms with Crippen LogP contribution in [0.25, 0.3) is 0 Å². The highest BCUT2D eigenvalue weighted by molar-refractivity contribution is 5.80. The predicted octanol–water partition coefficient (Wildman–Crippen LogP) is 3.32. The molecule has 1 saturated carbocycles. The van der Waals surface area contributed by atoms with Crippen LogP contribution in [0.4, 0.5) is 0 Å². The van der Waals surface area contributed by atoms with Gasteiger partial charge in [-0.2, -0.15) is 0 Å². The van der Waals surface area contributed by atoms with Crippen LogP contribution in [0.1, 0.15) is 57.4 Å². The molecule has 1 aliphatic carbocycles. The SMILES string of the molecule is CCNC(=NCC1(c2ccc(OC)cc2)CCOCC1)NC1CCN(C2CCCC2)C1. The Kier molecular flexibility index (Phi) is 7.72. The molecule has 0 bridgehead atoms. The average molecular weight is 429 g/mol. The summed E-state index contributed by atoms with van der Waals surface area (Å²) in [6.07, 6.45) is 8.78. The zero-order chi connectivity index (χ0) is 21.5. The summed E-state index contributed by atoms with van der Waals surface area (Å²) in [5, 5.41) is 7.23. The third kappa shape index (κ3) is 5.53. The van der Waals surface area contributed by atoms with Crippen molar-refractivity contribution in [3.8, 4) is 5.75 Å². The molecule has 0 spiro atoms. The minimum absolute atomic E-state index is 0.0262. The number of guanidine groups is 1. The van der Waals surface area contributed by atoms with E-state index in [0.29, 0.717) is 6.04 Å². The van der Waals surface area contributed by atoms with Crippen LogP contribution in [-0.4, -0.2) is 69.4 Å². The molecule has 1 atom stereocenters. The van der Waals surface area contributed by atoms with Gasteiger partial charge < -0.3 is 20.1 Å². The number of methoxy groups -OCH3 is 1. The van der Waals surface area contributed by atoms with E-state index < -0.39 is 0 Å². The van der Waals surface area contributed by atoms with Crippen LogP contribution in [0.5, 0.6) is 5.75 Å². The molecule has 172 valence electrons. The molecule has 1 aromatic carbocycles. The molecular weight excluding hydrogens is 388 g/mol. The highest BCUT2D eigenvalue weighted by atomic mass is 16.5. The molecule has 0 amide bonds. The lowest BCUT2D eigenvalue weighted by atomic mass is 9.74. The summed E-state index contributed by atoms with van der Waals surface area (Å²) in [4.78, 5) is 7.80. The topological polar surface area (TPSA) is 58.1 Å². The molecule has 1 unspecified atom stereocenters. The van der Waals surface area contributed by atoms with Crippen LogP contribution in [-0.2, 0) is 10.2 Å². The van der Waals surface area contributed by atoms with Gasteiger partial charge in [-0.25, -0.2) is 0 Å². The van der Waals surface area contributed by atoms with E-state index in [-0.39, 0.29) is 5.41 Å². The second-order valence-electron chi connectivity index (χ2n) is 9.38. The monoisotopic (exact) mass is 428 g/mol. The zero-order valence-corrected chi connectivity index (χ0v) is 19.4. The summed E-state index contributed by atoms with van der Waals surface area (Å²) in [6.45, 7) is 7.75. The molecule has 1 aromatic rings. The lowest BCUT2D eigenvalue weighted by Gasteiger charge is -2.37. The minimum Gasteiger partial charge on any atom is -0.497 e. The van der Waals surface area contributed by atoms with Gasteiger partial charge in [0.1, 0.15) is 5.75 Å². The van der Waals surface area contributed by atoms with Gasteiger partial charge >= 0.3 is 0 Å². The fourth-order valence-corrected chi connectivity index (χ4v) is 5.49. The van der Waals surface area contributed by atoms with Crippen molar-refractivity contribution in [3.05, 3.63) is 29.8 Å². The van der Waals surface area contributed by atoms with Gasteiger partial charge in [0.2, 0.25) is 0 Å². The van der Waals surface area contributed by atoms with Gasteiger partial charge in [-0.1, -0.05) is 25.0 Å². The normalized spacial score (nSPS) is 25.0. The summed E-state index contributed by atoms with van der Waals surface area (Å²) in [5.74, 6) is 1.86. The zero-order valence-electron chi connectivity index (χ0n) is 19.4. The van der Waals surface area contributed by atoms with Crippen LogP contribution in [0.3, 0.4) is 0 Å². The molecule has 4 rings (SSSR count). The quantitative estimate of drug-likeness (QED) is 0.515. The highest BCUT2D eigenvalue weighted by Gasteiger charge is 2.35. The van der Waals surface area contributed by atoms with E-state index in [1.807, 2.05) is 0 Å². The number of ether oxygens (including phenoxy) is 2. The molecule has 6 heteroatoms. The summed E-state index contributed by atoms with van der Waals surface area (Å²) in [5.41, 5.74) is 1.36. The third-order valence-corrected chi connectivity index (χ3v) is 7.44. The Balaban J connectivity index is 1.43. The van der Waals surface area contributed by atoms with Crippen molar-refractivity contribution in [2.24, 2.45) is 4.99 Å². The van der Waals surface area contributed by atoms with Gasteiger partial charge in [-0.15, -0.1) is 0 Å². The second-order valence-corrected chi connectivity index (χ2v) is 9.38. The first-order valence-electron chi connectivity index (χ1n) is 12.2. The first-order chi connectivity index (χ1) is 15.2. The summed E-state index contributed by atoms with van der Waals surface area (Å²) < 4.78 is 11.1. The number of nitrogens with zero attached hydrogens (tertiary/aromatic N) is 2. The number of rotatable bonds is 7. The predicted molar refractivity (Wildman–Crippen MR) is 126 cm³/mol. The standard InChI is InChI=1S/C25H40N4O2/c1-3-26-24(28-21-12-15-29(18-21)22-6-4-5-7-22)27-19-25(13-16-31-17-14-25)20-8-10-23(30-2)11-9-20/h8-11,21-22H,3-7,12-19H2,1-2H3,(H2,26,27,28). The maximum atomic E-state index is 5.70. The second kappa shape index (κ2) is 10.7. The largest absolute Gasteiger partial charge is 0.497 e. The first-order valence-corrected chi connectivity index (χ1v) is 12.2. The summed E-state index contributed by atoms with van der Waals surface area (Å²) in [6, 6.07) is 9.84. The van der Waals surface area contributed by atoms with E-state index in [9.17, 15) is 0 Å². The van der Waals surface area contributed by atoms with Gasteiger partial charge in [-0.3, -0.25) is 9.89 Å². The molecule has 0 radical (unpaired) electrons. The lowest BCUT2D eigenvalue weighted by Crippen LogP contribution is -2.46. The number of nitrogens with one attached hydrogen (secondary N) is 2. The molecule has 3 fully saturated rings. The van der Waals surface area contributed by atoms with Crippen molar-refractivity contribution in [1.29, 1.82) is 0 Å². The molecule has 2 aliphatic heterocycles. The maximum Gasteiger partial charge on any atom is 0.191 e. The fraction of sp³-hybridized carbons (Fsp3) is 0.720. The average Bonchev–Trinajstić information content (AvgIpc) is 3.50. The van der Waals surface area contributed by atoms with Gasteiger partial charge in [-0.05, 0) is 56.7 Å². The van der Waals surface area contributed by atoms with Crippen LogP contribution < -0.4 is 15.4 Å². The van der Waals surface area contributed by atoms with Gasteiger partial charge in [0.25, 0.3) is 0 Å². The van der Waals surface area contributed by atoms with Crippen LogP contribution in [0, 0.1) is 0 Å². The van der Waals surface area contributed by atoms with Crippen molar-refractivity contribution in [2.75, 3.05) is 46.5 Å². The fourth-order valence-electron chi connectivity index (χ4n) is 5.49. The van der Waals surface area contributed by atoms with E-state index in [2.05, 4.69) is 46.7 Å².